The van der Waals surface area contributed by atoms with Gasteiger partial charge in [0.1, 0.15) is 0 Å². The number of ether oxygens (including phenoxy) is 1. The third-order valence-electron chi connectivity index (χ3n) is 4.51. The molecule has 0 aromatic heterocycles. The molecule has 4 heteroatoms. The largest absolute Gasteiger partial charge is 0.481 e. The first-order chi connectivity index (χ1) is 8.69. The minimum atomic E-state index is -0.620. The molecule has 104 valence electrons. The summed E-state index contributed by atoms with van der Waals surface area (Å²) < 4.78 is 5.44. The molecule has 4 nitrogen and oxygen atoms in total. The maximum absolute atomic E-state index is 10.9. The van der Waals surface area contributed by atoms with E-state index >= 15 is 0 Å². The number of hydrogen-bond acceptors (Lipinski definition) is 3. The molecule has 2 saturated carbocycles. The van der Waals surface area contributed by atoms with Gasteiger partial charge in [-0.3, -0.25) is 4.79 Å². The second-order valence-electron chi connectivity index (χ2n) is 5.77. The average Bonchev–Trinajstić information content (AvgIpc) is 2.39. The Hall–Kier alpha value is -0.610. The molecular formula is C14H25NO3. The molecule has 0 aliphatic heterocycles. The maximum atomic E-state index is 10.9. The predicted octanol–water partition coefficient (Wildman–Crippen LogP) is 2.18. The number of hydrogen-bond donors (Lipinski definition) is 2. The van der Waals surface area contributed by atoms with Crippen LogP contribution in [-0.4, -0.2) is 36.4 Å². The van der Waals surface area contributed by atoms with Crippen LogP contribution in [-0.2, 0) is 9.53 Å². The lowest BCUT2D eigenvalue weighted by molar-refractivity contribution is -0.142. The normalized spacial score (nSPS) is 37.4. The molecule has 0 aromatic rings. The van der Waals surface area contributed by atoms with E-state index in [0.29, 0.717) is 18.2 Å². The van der Waals surface area contributed by atoms with Crippen LogP contribution < -0.4 is 5.32 Å². The van der Waals surface area contributed by atoms with E-state index in [1.807, 2.05) is 0 Å². The van der Waals surface area contributed by atoms with Crippen molar-refractivity contribution in [3.63, 3.8) is 0 Å². The molecule has 0 radical (unpaired) electrons. The van der Waals surface area contributed by atoms with Gasteiger partial charge in [0.15, 0.2) is 0 Å². The molecule has 0 spiro atoms. The number of rotatable bonds is 4. The molecule has 2 aliphatic carbocycles. The summed E-state index contributed by atoms with van der Waals surface area (Å²) in [6, 6.07) is 1.08. The zero-order valence-corrected chi connectivity index (χ0v) is 11.2. The average molecular weight is 255 g/mol. The van der Waals surface area contributed by atoms with Crippen LogP contribution in [0.15, 0.2) is 0 Å². The summed E-state index contributed by atoms with van der Waals surface area (Å²) in [6.45, 7) is 0. The van der Waals surface area contributed by atoms with E-state index in [9.17, 15) is 4.79 Å². The molecule has 0 bridgehead atoms. The van der Waals surface area contributed by atoms with E-state index in [4.69, 9.17) is 9.84 Å². The van der Waals surface area contributed by atoms with Gasteiger partial charge < -0.3 is 15.2 Å². The number of carboxylic acids is 1. The number of carboxylic acid groups (broad SMARTS) is 1. The lowest BCUT2D eigenvalue weighted by Crippen LogP contribution is -2.44. The summed E-state index contributed by atoms with van der Waals surface area (Å²) in [5, 5.41) is 12.7. The minimum Gasteiger partial charge on any atom is -0.481 e. The van der Waals surface area contributed by atoms with Crippen LogP contribution >= 0.6 is 0 Å². The van der Waals surface area contributed by atoms with Crippen molar-refractivity contribution in [3.8, 4) is 0 Å². The zero-order chi connectivity index (χ0) is 13.0. The van der Waals surface area contributed by atoms with Crippen LogP contribution in [0.2, 0.25) is 0 Å². The summed E-state index contributed by atoms with van der Waals surface area (Å²) in [5.74, 6) is -0.730. The number of carbonyl (C=O) groups is 1. The van der Waals surface area contributed by atoms with Gasteiger partial charge in [0.25, 0.3) is 0 Å². The molecule has 0 saturated heterocycles. The van der Waals surface area contributed by atoms with E-state index in [2.05, 4.69) is 5.32 Å². The van der Waals surface area contributed by atoms with Gasteiger partial charge in [-0.1, -0.05) is 0 Å². The number of nitrogens with one attached hydrogen (secondary N) is 1. The van der Waals surface area contributed by atoms with Crippen molar-refractivity contribution < 1.29 is 14.6 Å². The fraction of sp³-hybridized carbons (Fsp3) is 0.929. The van der Waals surface area contributed by atoms with E-state index < -0.39 is 5.97 Å². The molecule has 2 N–H and O–H groups in total. The van der Waals surface area contributed by atoms with Gasteiger partial charge in [-0.2, -0.15) is 0 Å². The smallest absolute Gasteiger partial charge is 0.306 e. The number of aliphatic carboxylic acids is 1. The Morgan fingerprint density at radius 3 is 2.44 bits per heavy atom. The molecule has 0 amide bonds. The highest BCUT2D eigenvalue weighted by atomic mass is 16.5. The summed E-state index contributed by atoms with van der Waals surface area (Å²) in [5.41, 5.74) is 0. The first-order valence-electron chi connectivity index (χ1n) is 7.20. The molecule has 0 aromatic carbocycles. The van der Waals surface area contributed by atoms with Gasteiger partial charge in [0.2, 0.25) is 0 Å². The van der Waals surface area contributed by atoms with Gasteiger partial charge in [0, 0.05) is 19.2 Å². The van der Waals surface area contributed by atoms with Gasteiger partial charge in [-0.05, 0) is 51.4 Å². The Morgan fingerprint density at radius 1 is 1.11 bits per heavy atom. The fourth-order valence-electron chi connectivity index (χ4n) is 3.35. The lowest BCUT2D eigenvalue weighted by atomic mass is 9.84. The van der Waals surface area contributed by atoms with Crippen molar-refractivity contribution >= 4 is 5.97 Å². The third kappa shape index (κ3) is 3.69. The minimum absolute atomic E-state index is 0.110. The van der Waals surface area contributed by atoms with Crippen LogP contribution in [0, 0.1) is 5.92 Å². The highest BCUT2D eigenvalue weighted by Crippen LogP contribution is 2.27. The Morgan fingerprint density at radius 2 is 1.83 bits per heavy atom. The first-order valence-corrected chi connectivity index (χ1v) is 7.20. The van der Waals surface area contributed by atoms with Crippen molar-refractivity contribution in [1.82, 2.24) is 5.32 Å². The molecule has 2 atom stereocenters. The zero-order valence-electron chi connectivity index (χ0n) is 11.2. The molecule has 2 fully saturated rings. The molecule has 2 rings (SSSR count). The van der Waals surface area contributed by atoms with Crippen molar-refractivity contribution in [3.05, 3.63) is 0 Å². The van der Waals surface area contributed by atoms with Crippen LogP contribution in [0.4, 0.5) is 0 Å². The SMILES string of the molecule is COC1CCCC(NC2CCC(C(=O)O)CC2)C1. The van der Waals surface area contributed by atoms with Crippen molar-refractivity contribution in [1.29, 1.82) is 0 Å². The van der Waals surface area contributed by atoms with Gasteiger partial charge in [0.05, 0.1) is 12.0 Å². The van der Waals surface area contributed by atoms with Gasteiger partial charge >= 0.3 is 5.97 Å². The molecular weight excluding hydrogens is 230 g/mol. The summed E-state index contributed by atoms with van der Waals surface area (Å²) in [7, 11) is 1.80. The summed E-state index contributed by atoms with van der Waals surface area (Å²) in [4.78, 5) is 10.9. The Kier molecular flexibility index (Phi) is 5.01. The van der Waals surface area contributed by atoms with E-state index in [0.717, 1.165) is 32.1 Å². The van der Waals surface area contributed by atoms with Crippen LogP contribution in [0.25, 0.3) is 0 Å². The molecule has 2 unspecified atom stereocenters. The Bertz CT molecular complexity index is 274. The van der Waals surface area contributed by atoms with Crippen molar-refractivity contribution in [2.24, 2.45) is 5.92 Å². The van der Waals surface area contributed by atoms with Crippen molar-refractivity contribution in [2.75, 3.05) is 7.11 Å². The van der Waals surface area contributed by atoms with Crippen LogP contribution in [0.1, 0.15) is 51.4 Å². The highest BCUT2D eigenvalue weighted by molar-refractivity contribution is 5.70. The molecule has 18 heavy (non-hydrogen) atoms. The second kappa shape index (κ2) is 6.53. The maximum Gasteiger partial charge on any atom is 0.306 e. The monoisotopic (exact) mass is 255 g/mol. The van der Waals surface area contributed by atoms with Crippen LogP contribution in [0.3, 0.4) is 0 Å². The summed E-state index contributed by atoms with van der Waals surface area (Å²) in [6.07, 6.45) is 8.83. The van der Waals surface area contributed by atoms with Crippen molar-refractivity contribution in [2.45, 2.75) is 69.6 Å². The van der Waals surface area contributed by atoms with E-state index in [1.54, 1.807) is 7.11 Å². The van der Waals surface area contributed by atoms with E-state index in [1.165, 1.54) is 19.3 Å². The predicted molar refractivity (Wildman–Crippen MR) is 69.6 cm³/mol. The molecule has 2 aliphatic rings. The Balaban J connectivity index is 1.72. The van der Waals surface area contributed by atoms with Gasteiger partial charge in [-0.25, -0.2) is 0 Å². The lowest BCUT2D eigenvalue weighted by Gasteiger charge is -2.34. The second-order valence-corrected chi connectivity index (χ2v) is 5.77. The fourth-order valence-corrected chi connectivity index (χ4v) is 3.35. The topological polar surface area (TPSA) is 58.6 Å². The standard InChI is InChI=1S/C14H25NO3/c1-18-13-4-2-3-12(9-13)15-11-7-5-10(6-8-11)14(16)17/h10-13,15H,2-9H2,1H3,(H,16,17). The van der Waals surface area contributed by atoms with Gasteiger partial charge in [-0.15, -0.1) is 0 Å². The van der Waals surface area contributed by atoms with Crippen LogP contribution in [0.5, 0.6) is 0 Å². The highest BCUT2D eigenvalue weighted by Gasteiger charge is 2.28. The quantitative estimate of drug-likeness (QED) is 0.808. The van der Waals surface area contributed by atoms with E-state index in [-0.39, 0.29) is 5.92 Å². The number of methoxy groups -OCH3 is 1. The third-order valence-corrected chi connectivity index (χ3v) is 4.51. The summed E-state index contributed by atoms with van der Waals surface area (Å²) >= 11 is 0. The molecule has 0 heterocycles. The first kappa shape index (κ1) is 13.8. The Labute approximate surface area is 109 Å².